The Labute approximate surface area is 88.4 Å². The first-order valence-electron chi connectivity index (χ1n) is 4.86. The molecule has 2 aromatic heterocycles. The number of anilines is 1. The van der Waals surface area contributed by atoms with Crippen molar-refractivity contribution in [3.8, 4) is 11.3 Å². The van der Waals surface area contributed by atoms with Crippen LogP contribution in [0.5, 0.6) is 0 Å². The number of pyridine rings is 1. The molecule has 2 heterocycles. The molecule has 0 saturated carbocycles. The standard InChI is InChI=1S/C11H12N4/c1-2-14-11-5-3-4-10(15-11)9-6-12-8-13-7-9/h3-8H,2H2,1H3,(H,14,15). The fourth-order valence-corrected chi connectivity index (χ4v) is 1.31. The van der Waals surface area contributed by atoms with Gasteiger partial charge in [0.2, 0.25) is 0 Å². The van der Waals surface area contributed by atoms with Gasteiger partial charge in [0.05, 0.1) is 5.69 Å². The van der Waals surface area contributed by atoms with Crippen molar-refractivity contribution in [2.24, 2.45) is 0 Å². The van der Waals surface area contributed by atoms with E-state index in [1.54, 1.807) is 12.4 Å². The topological polar surface area (TPSA) is 50.7 Å². The molecular weight excluding hydrogens is 188 g/mol. The van der Waals surface area contributed by atoms with E-state index in [-0.39, 0.29) is 0 Å². The van der Waals surface area contributed by atoms with Gasteiger partial charge in [0, 0.05) is 24.5 Å². The van der Waals surface area contributed by atoms with Crippen LogP contribution in [-0.2, 0) is 0 Å². The van der Waals surface area contributed by atoms with Gasteiger partial charge in [-0.15, -0.1) is 0 Å². The summed E-state index contributed by atoms with van der Waals surface area (Å²) in [6.07, 6.45) is 5.02. The summed E-state index contributed by atoms with van der Waals surface area (Å²) in [4.78, 5) is 12.4. The van der Waals surface area contributed by atoms with E-state index < -0.39 is 0 Å². The number of rotatable bonds is 3. The maximum absolute atomic E-state index is 4.44. The summed E-state index contributed by atoms with van der Waals surface area (Å²) in [5.41, 5.74) is 1.81. The van der Waals surface area contributed by atoms with Gasteiger partial charge in [-0.3, -0.25) is 0 Å². The first kappa shape index (κ1) is 9.58. The molecule has 0 radical (unpaired) electrons. The van der Waals surface area contributed by atoms with Gasteiger partial charge in [0.1, 0.15) is 12.1 Å². The summed E-state index contributed by atoms with van der Waals surface area (Å²) in [5.74, 6) is 0.874. The molecule has 0 aliphatic carbocycles. The summed E-state index contributed by atoms with van der Waals surface area (Å²) in [7, 11) is 0. The normalized spacial score (nSPS) is 9.93. The highest BCUT2D eigenvalue weighted by molar-refractivity contribution is 5.58. The van der Waals surface area contributed by atoms with Gasteiger partial charge in [0.25, 0.3) is 0 Å². The molecule has 0 fully saturated rings. The average Bonchev–Trinajstić information content (AvgIpc) is 2.31. The van der Waals surface area contributed by atoms with E-state index in [1.165, 1.54) is 6.33 Å². The van der Waals surface area contributed by atoms with Gasteiger partial charge in [-0.05, 0) is 19.1 Å². The predicted molar refractivity (Wildman–Crippen MR) is 59.4 cm³/mol. The van der Waals surface area contributed by atoms with Crippen molar-refractivity contribution in [3.05, 3.63) is 36.9 Å². The molecule has 76 valence electrons. The van der Waals surface area contributed by atoms with E-state index in [0.717, 1.165) is 23.6 Å². The van der Waals surface area contributed by atoms with Gasteiger partial charge >= 0.3 is 0 Å². The third-order valence-corrected chi connectivity index (χ3v) is 1.96. The fraction of sp³-hybridized carbons (Fsp3) is 0.182. The van der Waals surface area contributed by atoms with E-state index in [9.17, 15) is 0 Å². The maximum Gasteiger partial charge on any atom is 0.126 e. The quantitative estimate of drug-likeness (QED) is 0.823. The molecule has 0 aliphatic heterocycles. The first-order valence-corrected chi connectivity index (χ1v) is 4.86. The molecule has 4 nitrogen and oxygen atoms in total. The summed E-state index contributed by atoms with van der Waals surface area (Å²) in [6.45, 7) is 2.90. The summed E-state index contributed by atoms with van der Waals surface area (Å²) < 4.78 is 0. The highest BCUT2D eigenvalue weighted by Gasteiger charge is 1.99. The second kappa shape index (κ2) is 4.50. The predicted octanol–water partition coefficient (Wildman–Crippen LogP) is 1.97. The molecule has 0 saturated heterocycles. The monoisotopic (exact) mass is 200 g/mol. The number of hydrogen-bond donors (Lipinski definition) is 1. The van der Waals surface area contributed by atoms with Gasteiger partial charge in [-0.2, -0.15) is 0 Å². The molecule has 0 unspecified atom stereocenters. The van der Waals surface area contributed by atoms with Crippen molar-refractivity contribution in [1.29, 1.82) is 0 Å². The minimum Gasteiger partial charge on any atom is -0.370 e. The summed E-state index contributed by atoms with van der Waals surface area (Å²) in [5, 5.41) is 3.17. The zero-order valence-corrected chi connectivity index (χ0v) is 8.51. The van der Waals surface area contributed by atoms with Crippen LogP contribution in [0.15, 0.2) is 36.9 Å². The maximum atomic E-state index is 4.44. The zero-order valence-electron chi connectivity index (χ0n) is 8.51. The molecule has 0 aromatic carbocycles. The molecule has 0 amide bonds. The van der Waals surface area contributed by atoms with E-state index in [1.807, 2.05) is 25.1 Å². The minimum absolute atomic E-state index is 0.863. The van der Waals surface area contributed by atoms with E-state index in [0.29, 0.717) is 0 Å². The highest BCUT2D eigenvalue weighted by atomic mass is 15.0. The lowest BCUT2D eigenvalue weighted by Gasteiger charge is -2.04. The Morgan fingerprint density at radius 1 is 1.20 bits per heavy atom. The van der Waals surface area contributed by atoms with Crippen molar-refractivity contribution >= 4 is 5.82 Å². The fourth-order valence-electron chi connectivity index (χ4n) is 1.31. The Bertz CT molecular complexity index is 428. The lowest BCUT2D eigenvalue weighted by molar-refractivity contribution is 1.14. The number of nitrogens with one attached hydrogen (secondary N) is 1. The van der Waals surface area contributed by atoms with Crippen LogP contribution in [0.1, 0.15) is 6.92 Å². The molecule has 1 N–H and O–H groups in total. The first-order chi connectivity index (χ1) is 7.40. The Hall–Kier alpha value is -1.97. The van der Waals surface area contributed by atoms with Crippen LogP contribution in [0.2, 0.25) is 0 Å². The molecule has 2 aromatic rings. The van der Waals surface area contributed by atoms with Crippen LogP contribution in [-0.4, -0.2) is 21.5 Å². The lowest BCUT2D eigenvalue weighted by Crippen LogP contribution is -1.99. The van der Waals surface area contributed by atoms with Crippen LogP contribution < -0.4 is 5.32 Å². The zero-order chi connectivity index (χ0) is 10.5. The SMILES string of the molecule is CCNc1cccc(-c2cncnc2)n1. The van der Waals surface area contributed by atoms with E-state index >= 15 is 0 Å². The molecular formula is C11H12N4. The van der Waals surface area contributed by atoms with Gasteiger partial charge in [-0.1, -0.05) is 6.07 Å². The third-order valence-electron chi connectivity index (χ3n) is 1.96. The van der Waals surface area contributed by atoms with Crippen LogP contribution >= 0.6 is 0 Å². The van der Waals surface area contributed by atoms with E-state index in [2.05, 4.69) is 20.3 Å². The Morgan fingerprint density at radius 3 is 2.73 bits per heavy atom. The van der Waals surface area contributed by atoms with Crippen LogP contribution in [0.3, 0.4) is 0 Å². The lowest BCUT2D eigenvalue weighted by atomic mass is 10.2. The summed E-state index contributed by atoms with van der Waals surface area (Å²) in [6, 6.07) is 5.85. The molecule has 2 rings (SSSR count). The van der Waals surface area contributed by atoms with Gasteiger partial charge in [0.15, 0.2) is 0 Å². The van der Waals surface area contributed by atoms with Crippen molar-refractivity contribution in [3.63, 3.8) is 0 Å². The smallest absolute Gasteiger partial charge is 0.126 e. The van der Waals surface area contributed by atoms with E-state index in [4.69, 9.17) is 0 Å². The number of nitrogens with zero attached hydrogens (tertiary/aromatic N) is 3. The number of aromatic nitrogens is 3. The molecule has 0 aliphatic rings. The van der Waals surface area contributed by atoms with Crippen molar-refractivity contribution in [1.82, 2.24) is 15.0 Å². The van der Waals surface area contributed by atoms with Crippen LogP contribution in [0, 0.1) is 0 Å². The second-order valence-corrected chi connectivity index (χ2v) is 3.07. The molecule has 15 heavy (non-hydrogen) atoms. The van der Waals surface area contributed by atoms with Crippen molar-refractivity contribution in [2.45, 2.75) is 6.92 Å². The van der Waals surface area contributed by atoms with Crippen molar-refractivity contribution in [2.75, 3.05) is 11.9 Å². The van der Waals surface area contributed by atoms with Crippen LogP contribution in [0.25, 0.3) is 11.3 Å². The Balaban J connectivity index is 2.33. The average molecular weight is 200 g/mol. The molecule has 0 spiro atoms. The van der Waals surface area contributed by atoms with Crippen LogP contribution in [0.4, 0.5) is 5.82 Å². The minimum atomic E-state index is 0.863. The second-order valence-electron chi connectivity index (χ2n) is 3.07. The Morgan fingerprint density at radius 2 is 2.00 bits per heavy atom. The Kier molecular flexibility index (Phi) is 2.88. The number of hydrogen-bond acceptors (Lipinski definition) is 4. The van der Waals surface area contributed by atoms with Gasteiger partial charge in [-0.25, -0.2) is 15.0 Å². The summed E-state index contributed by atoms with van der Waals surface area (Å²) >= 11 is 0. The largest absolute Gasteiger partial charge is 0.370 e. The van der Waals surface area contributed by atoms with Crippen molar-refractivity contribution < 1.29 is 0 Å². The van der Waals surface area contributed by atoms with Gasteiger partial charge < -0.3 is 5.32 Å². The third kappa shape index (κ3) is 2.28. The molecule has 4 heteroatoms. The molecule has 0 bridgehead atoms. The molecule has 0 atom stereocenters. The highest BCUT2D eigenvalue weighted by Crippen LogP contribution is 2.16.